The monoisotopic (exact) mass is 523 g/mol. The summed E-state index contributed by atoms with van der Waals surface area (Å²) in [6, 6.07) is 13.6. The molecular weight excluding hydrogens is 506 g/mol. The minimum atomic E-state index is -0.729. The number of nitriles is 2. The number of carbonyl (C=O) groups excluding carboxylic acids is 1. The normalized spacial score (nSPS) is 10.0. The number of hydrogen-bond acceptors (Lipinski definition) is 8. The molecule has 3 aromatic rings. The second-order valence-corrected chi connectivity index (χ2v) is 7.59. The Kier molecular flexibility index (Phi) is 7.41. The minimum absolute atomic E-state index is 0.0527. The van der Waals surface area contributed by atoms with E-state index in [-0.39, 0.29) is 40.6 Å². The highest BCUT2D eigenvalue weighted by Gasteiger charge is 2.22. The number of carbonyl (C=O) groups is 1. The van der Waals surface area contributed by atoms with E-state index in [1.54, 1.807) is 24.3 Å². The third-order valence-corrected chi connectivity index (χ3v) is 5.39. The van der Waals surface area contributed by atoms with Gasteiger partial charge in [-0.3, -0.25) is 9.59 Å². The van der Waals surface area contributed by atoms with Crippen molar-refractivity contribution in [3.8, 4) is 40.5 Å². The number of methoxy groups -OCH3 is 2. The number of aromatic nitrogens is 1. The molecule has 0 spiro atoms. The Morgan fingerprint density at radius 1 is 1.09 bits per heavy atom. The molecule has 10 nitrogen and oxygen atoms in total. The average molecular weight is 524 g/mol. The number of hydrogen-bond donors (Lipinski definition) is 3. The second kappa shape index (κ2) is 10.4. The number of halogens is 1. The molecule has 1 heterocycles. The number of ether oxygens (including phenoxy) is 3. The first-order valence-corrected chi connectivity index (χ1v) is 10.4. The molecule has 3 rings (SSSR count). The van der Waals surface area contributed by atoms with Gasteiger partial charge in [0.25, 0.3) is 11.5 Å². The number of nitrogen functional groups attached to an aromatic ring is 1. The van der Waals surface area contributed by atoms with Gasteiger partial charge < -0.3 is 30.2 Å². The SMILES string of the molecule is COc1ccccc1NC(=O)COc1cc(Br)c(-c2c(C#N)c(N)[nH]c(=O)c2C#N)cc1OC. The van der Waals surface area contributed by atoms with Gasteiger partial charge in [0, 0.05) is 15.6 Å². The van der Waals surface area contributed by atoms with Crippen LogP contribution >= 0.6 is 15.9 Å². The highest BCUT2D eigenvalue weighted by atomic mass is 79.9. The van der Waals surface area contributed by atoms with Crippen LogP contribution in [-0.2, 0) is 4.79 Å². The van der Waals surface area contributed by atoms with E-state index in [2.05, 4.69) is 26.2 Å². The lowest BCUT2D eigenvalue weighted by Crippen LogP contribution is -2.20. The Bertz CT molecular complexity index is 1400. The predicted octanol–water partition coefficient (Wildman–Crippen LogP) is 3.16. The Morgan fingerprint density at radius 2 is 1.76 bits per heavy atom. The molecule has 0 bridgehead atoms. The zero-order chi connectivity index (χ0) is 24.8. The number of anilines is 2. The summed E-state index contributed by atoms with van der Waals surface area (Å²) >= 11 is 3.38. The van der Waals surface area contributed by atoms with Gasteiger partial charge >= 0.3 is 0 Å². The molecule has 0 saturated heterocycles. The molecule has 0 fully saturated rings. The minimum Gasteiger partial charge on any atom is -0.495 e. The number of nitrogens with two attached hydrogens (primary N) is 1. The average Bonchev–Trinajstić information content (AvgIpc) is 2.82. The lowest BCUT2D eigenvalue weighted by molar-refractivity contribution is -0.118. The summed E-state index contributed by atoms with van der Waals surface area (Å²) in [5.41, 5.74) is 5.58. The summed E-state index contributed by atoms with van der Waals surface area (Å²) in [7, 11) is 2.88. The van der Waals surface area contributed by atoms with Crippen molar-refractivity contribution in [3.63, 3.8) is 0 Å². The van der Waals surface area contributed by atoms with E-state index < -0.39 is 11.5 Å². The Balaban J connectivity index is 1.94. The number of benzene rings is 2. The van der Waals surface area contributed by atoms with Crippen molar-refractivity contribution in [1.29, 1.82) is 10.5 Å². The Morgan fingerprint density at radius 3 is 2.41 bits per heavy atom. The first kappa shape index (κ1) is 24.2. The standard InChI is InChI=1S/C23H18BrN5O5/c1-32-17-6-4-3-5-16(17)28-20(30)11-34-19-8-15(24)12(7-18(19)33-2)21-13(9-25)22(27)29-23(31)14(21)10-26/h3-8H,11H2,1-2H3,(H,28,30)(H3,27,29,31). The molecule has 0 aliphatic heterocycles. The van der Waals surface area contributed by atoms with Crippen LogP contribution in [-0.4, -0.2) is 31.7 Å². The number of rotatable bonds is 7. The second-order valence-electron chi connectivity index (χ2n) is 6.74. The molecule has 11 heteroatoms. The summed E-state index contributed by atoms with van der Waals surface area (Å²) in [5.74, 6) is 0.311. The molecule has 172 valence electrons. The van der Waals surface area contributed by atoms with Crippen LogP contribution in [0.25, 0.3) is 11.1 Å². The van der Waals surface area contributed by atoms with E-state index in [0.29, 0.717) is 21.5 Å². The fraction of sp³-hybridized carbons (Fsp3) is 0.130. The lowest BCUT2D eigenvalue weighted by atomic mass is 9.96. The van der Waals surface area contributed by atoms with Gasteiger partial charge in [-0.2, -0.15) is 10.5 Å². The highest BCUT2D eigenvalue weighted by Crippen LogP contribution is 2.41. The number of nitrogens with one attached hydrogen (secondary N) is 2. The Hall–Kier alpha value is -4.48. The third kappa shape index (κ3) is 4.80. The van der Waals surface area contributed by atoms with Crippen molar-refractivity contribution < 1.29 is 19.0 Å². The first-order valence-electron chi connectivity index (χ1n) is 9.64. The molecule has 2 aromatic carbocycles. The molecule has 34 heavy (non-hydrogen) atoms. The summed E-state index contributed by atoms with van der Waals surface area (Å²) < 4.78 is 16.6. The van der Waals surface area contributed by atoms with Crippen LogP contribution in [0, 0.1) is 22.7 Å². The van der Waals surface area contributed by atoms with Crippen LogP contribution in [0.5, 0.6) is 17.2 Å². The van der Waals surface area contributed by atoms with Crippen molar-refractivity contribution in [2.45, 2.75) is 0 Å². The molecule has 0 aliphatic rings. The van der Waals surface area contributed by atoms with Gasteiger partial charge in [-0.05, 0) is 24.3 Å². The van der Waals surface area contributed by atoms with Gasteiger partial charge in [0.15, 0.2) is 18.1 Å². The van der Waals surface area contributed by atoms with Crippen molar-refractivity contribution >= 4 is 33.3 Å². The van der Waals surface area contributed by atoms with Crippen LogP contribution < -0.4 is 30.8 Å². The number of H-pyrrole nitrogens is 1. The smallest absolute Gasteiger partial charge is 0.268 e. The van der Waals surface area contributed by atoms with E-state index in [1.165, 1.54) is 26.4 Å². The van der Waals surface area contributed by atoms with E-state index in [0.717, 1.165) is 0 Å². The fourth-order valence-electron chi connectivity index (χ4n) is 3.19. The van der Waals surface area contributed by atoms with Gasteiger partial charge in [-0.25, -0.2) is 0 Å². The van der Waals surface area contributed by atoms with E-state index in [4.69, 9.17) is 19.9 Å². The summed E-state index contributed by atoms with van der Waals surface area (Å²) in [6.07, 6.45) is 0. The van der Waals surface area contributed by atoms with Crippen LogP contribution in [0.15, 0.2) is 45.7 Å². The van der Waals surface area contributed by atoms with Crippen LogP contribution in [0.2, 0.25) is 0 Å². The molecule has 1 aromatic heterocycles. The molecule has 0 aliphatic carbocycles. The van der Waals surface area contributed by atoms with Gasteiger partial charge in [0.1, 0.15) is 34.8 Å². The maximum absolute atomic E-state index is 12.4. The molecular formula is C23H18BrN5O5. The van der Waals surface area contributed by atoms with E-state index >= 15 is 0 Å². The van der Waals surface area contributed by atoms with Gasteiger partial charge in [-0.1, -0.05) is 28.1 Å². The quantitative estimate of drug-likeness (QED) is 0.424. The van der Waals surface area contributed by atoms with Crippen LogP contribution in [0.1, 0.15) is 11.1 Å². The highest BCUT2D eigenvalue weighted by molar-refractivity contribution is 9.10. The number of amides is 1. The van der Waals surface area contributed by atoms with Crippen molar-refractivity contribution in [1.82, 2.24) is 4.98 Å². The summed E-state index contributed by atoms with van der Waals surface area (Å²) in [5, 5.41) is 21.8. The molecule has 1 amide bonds. The van der Waals surface area contributed by atoms with E-state index in [9.17, 15) is 20.1 Å². The zero-order valence-electron chi connectivity index (χ0n) is 18.1. The van der Waals surface area contributed by atoms with Crippen molar-refractivity contribution in [3.05, 3.63) is 62.4 Å². The largest absolute Gasteiger partial charge is 0.495 e. The maximum Gasteiger partial charge on any atom is 0.268 e. The molecule has 0 saturated carbocycles. The van der Waals surface area contributed by atoms with Gasteiger partial charge in [0.05, 0.1) is 19.9 Å². The van der Waals surface area contributed by atoms with Crippen molar-refractivity contribution in [2.75, 3.05) is 31.9 Å². The first-order chi connectivity index (χ1) is 16.3. The van der Waals surface area contributed by atoms with Gasteiger partial charge in [0.2, 0.25) is 0 Å². The summed E-state index contributed by atoms with van der Waals surface area (Å²) in [4.78, 5) is 26.9. The predicted molar refractivity (Wildman–Crippen MR) is 128 cm³/mol. The Labute approximate surface area is 202 Å². The number of aromatic amines is 1. The summed E-state index contributed by atoms with van der Waals surface area (Å²) in [6.45, 7) is -0.342. The number of pyridine rings is 1. The van der Waals surface area contributed by atoms with Gasteiger partial charge in [-0.15, -0.1) is 0 Å². The lowest BCUT2D eigenvalue weighted by Gasteiger charge is -2.16. The topological polar surface area (TPSA) is 163 Å². The molecule has 0 atom stereocenters. The van der Waals surface area contributed by atoms with Crippen molar-refractivity contribution in [2.24, 2.45) is 0 Å². The molecule has 0 unspecified atom stereocenters. The third-order valence-electron chi connectivity index (χ3n) is 4.73. The zero-order valence-corrected chi connectivity index (χ0v) is 19.6. The molecule has 0 radical (unpaired) electrons. The molecule has 4 N–H and O–H groups in total. The number of nitrogens with zero attached hydrogens (tertiary/aromatic N) is 2. The maximum atomic E-state index is 12.4. The van der Waals surface area contributed by atoms with E-state index in [1.807, 2.05) is 12.1 Å². The van der Waals surface area contributed by atoms with Crippen LogP contribution in [0.3, 0.4) is 0 Å². The fourth-order valence-corrected chi connectivity index (χ4v) is 3.71. The number of para-hydroxylation sites is 2. The van der Waals surface area contributed by atoms with Crippen LogP contribution in [0.4, 0.5) is 11.5 Å².